The minimum absolute atomic E-state index is 0.173. The fraction of sp³-hybridized carbons (Fsp3) is 0.182. The molecule has 4 rings (SSSR count). The molecule has 0 saturated carbocycles. The molecule has 5 nitrogen and oxygen atoms in total. The zero-order chi connectivity index (χ0) is 19.5. The van der Waals surface area contributed by atoms with Crippen molar-refractivity contribution in [1.29, 1.82) is 0 Å². The van der Waals surface area contributed by atoms with Gasteiger partial charge in [0.05, 0.1) is 24.1 Å². The van der Waals surface area contributed by atoms with Gasteiger partial charge in [-0.25, -0.2) is 9.18 Å². The Morgan fingerprint density at radius 1 is 1.21 bits per heavy atom. The third-order valence-corrected chi connectivity index (χ3v) is 4.93. The Bertz CT molecular complexity index is 1020. The molecule has 2 aromatic carbocycles. The van der Waals surface area contributed by atoms with Gasteiger partial charge in [0.25, 0.3) is 0 Å². The molecule has 0 unspecified atom stereocenters. The predicted molar refractivity (Wildman–Crippen MR) is 104 cm³/mol. The van der Waals surface area contributed by atoms with E-state index in [1.165, 1.54) is 30.6 Å². The molecule has 6 heteroatoms. The molecule has 0 radical (unpaired) electrons. The van der Waals surface area contributed by atoms with Crippen LogP contribution < -0.4 is 10.1 Å². The monoisotopic (exact) mass is 378 g/mol. The standard InChI is InChI=1S/C22H19FN2O3/c23-17-3-1-2-14(10-17)15-4-5-18-16(7-9-28-21(18)11-15)12-25-20-13-24-8-6-19(20)22(26)27/h1-6,8,10-11,13,16,25H,7,9,12H2,(H,26,27)/t16-/m1/s1. The van der Waals surface area contributed by atoms with Crippen LogP contribution in [0.1, 0.15) is 28.3 Å². The average Bonchev–Trinajstić information content (AvgIpc) is 2.72. The van der Waals surface area contributed by atoms with E-state index >= 15 is 0 Å². The fourth-order valence-electron chi connectivity index (χ4n) is 3.48. The van der Waals surface area contributed by atoms with E-state index in [0.29, 0.717) is 18.8 Å². The highest BCUT2D eigenvalue weighted by Crippen LogP contribution is 2.37. The lowest BCUT2D eigenvalue weighted by molar-refractivity contribution is 0.0697. The average molecular weight is 378 g/mol. The van der Waals surface area contributed by atoms with Crippen LogP contribution in [0.3, 0.4) is 0 Å². The summed E-state index contributed by atoms with van der Waals surface area (Å²) < 4.78 is 19.4. The van der Waals surface area contributed by atoms with Crippen molar-refractivity contribution in [3.05, 3.63) is 77.9 Å². The van der Waals surface area contributed by atoms with E-state index in [1.807, 2.05) is 24.3 Å². The summed E-state index contributed by atoms with van der Waals surface area (Å²) in [4.78, 5) is 15.4. The predicted octanol–water partition coefficient (Wildman–Crippen LogP) is 4.56. The molecule has 0 saturated heterocycles. The number of aromatic nitrogens is 1. The highest BCUT2D eigenvalue weighted by Gasteiger charge is 2.22. The van der Waals surface area contributed by atoms with Crippen molar-refractivity contribution in [2.24, 2.45) is 0 Å². The summed E-state index contributed by atoms with van der Waals surface area (Å²) in [5, 5.41) is 12.5. The van der Waals surface area contributed by atoms with Gasteiger partial charge in [-0.1, -0.05) is 24.3 Å². The molecule has 2 N–H and O–H groups in total. The first-order valence-corrected chi connectivity index (χ1v) is 9.05. The van der Waals surface area contributed by atoms with E-state index in [1.54, 1.807) is 6.07 Å². The van der Waals surface area contributed by atoms with Crippen LogP contribution in [0.5, 0.6) is 5.75 Å². The number of nitrogens with one attached hydrogen (secondary N) is 1. The van der Waals surface area contributed by atoms with E-state index < -0.39 is 5.97 Å². The molecule has 28 heavy (non-hydrogen) atoms. The Labute approximate surface area is 161 Å². The summed E-state index contributed by atoms with van der Waals surface area (Å²) in [6, 6.07) is 13.8. The number of hydrogen-bond donors (Lipinski definition) is 2. The van der Waals surface area contributed by atoms with Crippen LogP contribution in [-0.4, -0.2) is 29.2 Å². The number of carboxylic acids is 1. The third-order valence-electron chi connectivity index (χ3n) is 4.93. The maximum atomic E-state index is 13.5. The highest BCUT2D eigenvalue weighted by atomic mass is 19.1. The number of carboxylic acid groups (broad SMARTS) is 1. The van der Waals surface area contributed by atoms with Crippen molar-refractivity contribution in [2.75, 3.05) is 18.5 Å². The molecular formula is C22H19FN2O3. The van der Waals surface area contributed by atoms with Crippen molar-refractivity contribution in [3.8, 4) is 16.9 Å². The number of ether oxygens (including phenoxy) is 1. The SMILES string of the molecule is O=C(O)c1ccncc1NC[C@H]1CCOc2cc(-c3cccc(F)c3)ccc21. The Morgan fingerprint density at radius 2 is 2.07 bits per heavy atom. The largest absolute Gasteiger partial charge is 0.493 e. The van der Waals surface area contributed by atoms with Crippen molar-refractivity contribution in [3.63, 3.8) is 0 Å². The molecule has 0 amide bonds. The number of anilines is 1. The zero-order valence-corrected chi connectivity index (χ0v) is 15.1. The summed E-state index contributed by atoms with van der Waals surface area (Å²) in [5.74, 6) is -0.308. The van der Waals surface area contributed by atoms with Gasteiger partial charge in [-0.3, -0.25) is 4.98 Å². The number of pyridine rings is 1. The van der Waals surface area contributed by atoms with Crippen LogP contribution in [0.25, 0.3) is 11.1 Å². The van der Waals surface area contributed by atoms with Crippen molar-refractivity contribution >= 4 is 11.7 Å². The number of fused-ring (bicyclic) bond motifs is 1. The lowest BCUT2D eigenvalue weighted by Gasteiger charge is -2.27. The van der Waals surface area contributed by atoms with Crippen molar-refractivity contribution < 1.29 is 19.0 Å². The van der Waals surface area contributed by atoms with Crippen LogP contribution in [0.2, 0.25) is 0 Å². The molecule has 2 heterocycles. The van der Waals surface area contributed by atoms with Crippen molar-refractivity contribution in [2.45, 2.75) is 12.3 Å². The van der Waals surface area contributed by atoms with Gasteiger partial charge in [0.1, 0.15) is 11.6 Å². The van der Waals surface area contributed by atoms with Gasteiger partial charge in [0, 0.05) is 18.7 Å². The summed E-state index contributed by atoms with van der Waals surface area (Å²) in [7, 11) is 0. The van der Waals surface area contributed by atoms with E-state index in [2.05, 4.69) is 10.3 Å². The number of rotatable bonds is 5. The smallest absolute Gasteiger partial charge is 0.337 e. The maximum absolute atomic E-state index is 13.5. The molecule has 142 valence electrons. The van der Waals surface area contributed by atoms with E-state index in [0.717, 1.165) is 28.9 Å². The molecule has 1 aliphatic heterocycles. The van der Waals surface area contributed by atoms with Gasteiger partial charge in [-0.2, -0.15) is 0 Å². The molecular weight excluding hydrogens is 359 g/mol. The summed E-state index contributed by atoms with van der Waals surface area (Å²) >= 11 is 0. The number of aromatic carboxylic acids is 1. The molecule has 3 aromatic rings. The van der Waals surface area contributed by atoms with Gasteiger partial charge in [0.2, 0.25) is 0 Å². The van der Waals surface area contributed by atoms with Gasteiger partial charge in [-0.05, 0) is 47.4 Å². The summed E-state index contributed by atoms with van der Waals surface area (Å²) in [6.45, 7) is 1.15. The Balaban J connectivity index is 1.55. The second kappa shape index (κ2) is 7.68. The van der Waals surface area contributed by atoms with Gasteiger partial charge in [0.15, 0.2) is 0 Å². The Kier molecular flexibility index (Phi) is 4.93. The van der Waals surface area contributed by atoms with Crippen LogP contribution in [-0.2, 0) is 0 Å². The minimum atomic E-state index is -0.989. The normalized spacial score (nSPS) is 15.4. The summed E-state index contributed by atoms with van der Waals surface area (Å²) in [5.41, 5.74) is 3.45. The topological polar surface area (TPSA) is 71.5 Å². The second-order valence-corrected chi connectivity index (χ2v) is 6.70. The number of hydrogen-bond acceptors (Lipinski definition) is 4. The van der Waals surface area contributed by atoms with Crippen molar-refractivity contribution in [1.82, 2.24) is 4.98 Å². The first-order chi connectivity index (χ1) is 13.6. The lowest BCUT2D eigenvalue weighted by atomic mass is 9.91. The molecule has 1 atom stereocenters. The molecule has 0 spiro atoms. The molecule has 0 aliphatic carbocycles. The Morgan fingerprint density at radius 3 is 2.89 bits per heavy atom. The maximum Gasteiger partial charge on any atom is 0.337 e. The van der Waals surface area contributed by atoms with Crippen LogP contribution in [0, 0.1) is 5.82 Å². The van der Waals surface area contributed by atoms with E-state index in [-0.39, 0.29) is 17.3 Å². The lowest BCUT2D eigenvalue weighted by Crippen LogP contribution is -2.21. The summed E-state index contributed by atoms with van der Waals surface area (Å²) in [6.07, 6.45) is 3.81. The van der Waals surface area contributed by atoms with Crippen LogP contribution in [0.4, 0.5) is 10.1 Å². The second-order valence-electron chi connectivity index (χ2n) is 6.70. The van der Waals surface area contributed by atoms with E-state index in [4.69, 9.17) is 4.74 Å². The van der Waals surface area contributed by atoms with Gasteiger partial charge < -0.3 is 15.2 Å². The fourth-order valence-corrected chi connectivity index (χ4v) is 3.48. The van der Waals surface area contributed by atoms with E-state index in [9.17, 15) is 14.3 Å². The Hall–Kier alpha value is -3.41. The quantitative estimate of drug-likeness (QED) is 0.681. The number of halogens is 1. The first kappa shape index (κ1) is 18.0. The highest BCUT2D eigenvalue weighted by molar-refractivity contribution is 5.93. The number of nitrogens with zero attached hydrogens (tertiary/aromatic N) is 1. The number of benzene rings is 2. The van der Waals surface area contributed by atoms with Crippen LogP contribution in [0.15, 0.2) is 60.9 Å². The number of carbonyl (C=O) groups is 1. The van der Waals surface area contributed by atoms with Crippen LogP contribution >= 0.6 is 0 Å². The van der Waals surface area contributed by atoms with Gasteiger partial charge >= 0.3 is 5.97 Å². The third kappa shape index (κ3) is 3.67. The molecule has 1 aromatic heterocycles. The van der Waals surface area contributed by atoms with Gasteiger partial charge in [-0.15, -0.1) is 0 Å². The molecule has 0 bridgehead atoms. The minimum Gasteiger partial charge on any atom is -0.493 e. The molecule has 0 fully saturated rings. The molecule has 1 aliphatic rings. The first-order valence-electron chi connectivity index (χ1n) is 9.05. The zero-order valence-electron chi connectivity index (χ0n) is 15.1.